The van der Waals surface area contributed by atoms with Gasteiger partial charge in [-0.2, -0.15) is 0 Å². The monoisotopic (exact) mass is 240 g/mol. The fourth-order valence-electron chi connectivity index (χ4n) is 3.07. The first kappa shape index (κ1) is 15.0. The molecule has 0 saturated heterocycles. The molecule has 102 valence electrons. The molecule has 3 atom stereocenters. The lowest BCUT2D eigenvalue weighted by Crippen LogP contribution is -2.52. The Morgan fingerprint density at radius 3 is 2.29 bits per heavy atom. The van der Waals surface area contributed by atoms with E-state index in [4.69, 9.17) is 0 Å². The van der Waals surface area contributed by atoms with E-state index >= 15 is 0 Å². The first-order valence-electron chi connectivity index (χ1n) is 7.26. The third-order valence-electron chi connectivity index (χ3n) is 4.36. The predicted molar refractivity (Wildman–Crippen MR) is 76.4 cm³/mol. The van der Waals surface area contributed by atoms with Crippen molar-refractivity contribution in [2.24, 2.45) is 11.3 Å². The van der Waals surface area contributed by atoms with Crippen LogP contribution in [0.1, 0.15) is 53.4 Å². The van der Waals surface area contributed by atoms with Crippen LogP contribution < -0.4 is 5.32 Å². The molecule has 0 bridgehead atoms. The Hall–Kier alpha value is -0.0800. The summed E-state index contributed by atoms with van der Waals surface area (Å²) in [4.78, 5) is 2.42. The lowest BCUT2D eigenvalue weighted by Gasteiger charge is -2.44. The second-order valence-corrected chi connectivity index (χ2v) is 6.97. The predicted octanol–water partition coefficient (Wildman–Crippen LogP) is 3.13. The van der Waals surface area contributed by atoms with Gasteiger partial charge in [-0.1, -0.05) is 27.7 Å². The average Bonchev–Trinajstić information content (AvgIpc) is 2.24. The minimum absolute atomic E-state index is 0.462. The Kier molecular flexibility index (Phi) is 5.46. The molecule has 2 nitrogen and oxygen atoms in total. The van der Waals surface area contributed by atoms with E-state index in [0.717, 1.165) is 12.5 Å². The highest BCUT2D eigenvalue weighted by atomic mass is 15.1. The minimum atomic E-state index is 0.462. The quantitative estimate of drug-likeness (QED) is 0.812. The van der Waals surface area contributed by atoms with Crippen molar-refractivity contribution >= 4 is 0 Å². The van der Waals surface area contributed by atoms with Gasteiger partial charge in [0.25, 0.3) is 0 Å². The van der Waals surface area contributed by atoms with Crippen molar-refractivity contribution in [3.63, 3.8) is 0 Å². The lowest BCUT2D eigenvalue weighted by molar-refractivity contribution is 0.0849. The third-order valence-corrected chi connectivity index (χ3v) is 4.36. The van der Waals surface area contributed by atoms with Crippen LogP contribution in [0.15, 0.2) is 0 Å². The minimum Gasteiger partial charge on any atom is -0.312 e. The van der Waals surface area contributed by atoms with E-state index in [1.54, 1.807) is 0 Å². The third kappa shape index (κ3) is 4.26. The Labute approximate surface area is 108 Å². The number of hydrogen-bond donors (Lipinski definition) is 1. The Balaban J connectivity index is 2.61. The molecule has 0 heterocycles. The molecule has 1 rings (SSSR count). The van der Waals surface area contributed by atoms with Crippen LogP contribution in [0, 0.1) is 11.3 Å². The molecule has 0 spiro atoms. The first-order chi connectivity index (χ1) is 7.86. The van der Waals surface area contributed by atoms with Gasteiger partial charge in [-0.25, -0.2) is 0 Å². The molecule has 0 aromatic heterocycles. The van der Waals surface area contributed by atoms with Gasteiger partial charge in [0, 0.05) is 12.1 Å². The Bertz CT molecular complexity index is 217. The van der Waals surface area contributed by atoms with Crippen LogP contribution in [-0.2, 0) is 0 Å². The molecule has 1 aliphatic carbocycles. The van der Waals surface area contributed by atoms with E-state index in [1.807, 2.05) is 0 Å². The lowest BCUT2D eigenvalue weighted by atomic mass is 9.69. The summed E-state index contributed by atoms with van der Waals surface area (Å²) < 4.78 is 0. The molecule has 0 amide bonds. The SMILES string of the molecule is CCCNC1CCC(C(C)(C)C)CC1N(C)C. The summed E-state index contributed by atoms with van der Waals surface area (Å²) in [5, 5.41) is 3.73. The van der Waals surface area contributed by atoms with Gasteiger partial charge in [0.15, 0.2) is 0 Å². The molecular weight excluding hydrogens is 208 g/mol. The van der Waals surface area contributed by atoms with E-state index < -0.39 is 0 Å². The van der Waals surface area contributed by atoms with E-state index in [1.165, 1.54) is 25.7 Å². The standard InChI is InChI=1S/C15H32N2/c1-7-10-16-13-9-8-12(15(2,3)4)11-14(13)17(5)6/h12-14,16H,7-11H2,1-6H3. The zero-order valence-electron chi connectivity index (χ0n) is 12.7. The van der Waals surface area contributed by atoms with Gasteiger partial charge in [-0.3, -0.25) is 0 Å². The van der Waals surface area contributed by atoms with Crippen LogP contribution in [-0.4, -0.2) is 37.6 Å². The van der Waals surface area contributed by atoms with Crippen LogP contribution >= 0.6 is 0 Å². The molecule has 2 heteroatoms. The molecule has 0 aliphatic heterocycles. The second kappa shape index (κ2) is 6.19. The maximum absolute atomic E-state index is 3.73. The highest BCUT2D eigenvalue weighted by Crippen LogP contribution is 2.38. The van der Waals surface area contributed by atoms with Crippen LogP contribution in [0.4, 0.5) is 0 Å². The fourth-order valence-corrected chi connectivity index (χ4v) is 3.07. The highest BCUT2D eigenvalue weighted by Gasteiger charge is 2.36. The van der Waals surface area contributed by atoms with Crippen LogP contribution in [0.3, 0.4) is 0 Å². The summed E-state index contributed by atoms with van der Waals surface area (Å²) >= 11 is 0. The Morgan fingerprint density at radius 1 is 1.18 bits per heavy atom. The molecule has 1 fully saturated rings. The van der Waals surface area contributed by atoms with Gasteiger partial charge in [-0.05, 0) is 57.7 Å². The van der Waals surface area contributed by atoms with E-state index in [-0.39, 0.29) is 0 Å². The van der Waals surface area contributed by atoms with Gasteiger partial charge >= 0.3 is 0 Å². The smallest absolute Gasteiger partial charge is 0.0246 e. The summed E-state index contributed by atoms with van der Waals surface area (Å²) in [6.45, 7) is 10.6. The maximum Gasteiger partial charge on any atom is 0.0246 e. The summed E-state index contributed by atoms with van der Waals surface area (Å²) in [7, 11) is 4.46. The largest absolute Gasteiger partial charge is 0.312 e. The highest BCUT2D eigenvalue weighted by molar-refractivity contribution is 4.92. The molecule has 0 aromatic rings. The van der Waals surface area contributed by atoms with Crippen LogP contribution in [0.25, 0.3) is 0 Å². The van der Waals surface area contributed by atoms with Crippen molar-refractivity contribution in [1.29, 1.82) is 0 Å². The first-order valence-corrected chi connectivity index (χ1v) is 7.26. The van der Waals surface area contributed by atoms with E-state index in [2.05, 4.69) is 52.0 Å². The molecule has 3 unspecified atom stereocenters. The number of nitrogens with zero attached hydrogens (tertiary/aromatic N) is 1. The molecule has 0 aromatic carbocycles. The normalized spacial score (nSPS) is 30.9. The Morgan fingerprint density at radius 2 is 1.82 bits per heavy atom. The van der Waals surface area contributed by atoms with E-state index in [0.29, 0.717) is 17.5 Å². The summed E-state index contributed by atoms with van der Waals surface area (Å²) in [6, 6.07) is 1.41. The molecule has 1 saturated carbocycles. The summed E-state index contributed by atoms with van der Waals surface area (Å²) in [5.74, 6) is 0.870. The topological polar surface area (TPSA) is 15.3 Å². The average molecular weight is 240 g/mol. The summed E-state index contributed by atoms with van der Waals surface area (Å²) in [6.07, 6.45) is 5.30. The zero-order valence-corrected chi connectivity index (χ0v) is 12.7. The van der Waals surface area contributed by atoms with Gasteiger partial charge in [0.05, 0.1) is 0 Å². The van der Waals surface area contributed by atoms with E-state index in [9.17, 15) is 0 Å². The second-order valence-electron chi connectivity index (χ2n) is 6.97. The van der Waals surface area contributed by atoms with Gasteiger partial charge in [0.2, 0.25) is 0 Å². The van der Waals surface area contributed by atoms with Crippen LogP contribution in [0.2, 0.25) is 0 Å². The number of nitrogens with one attached hydrogen (secondary N) is 1. The molecule has 1 aliphatic rings. The molecule has 17 heavy (non-hydrogen) atoms. The van der Waals surface area contributed by atoms with Crippen molar-refractivity contribution in [2.75, 3.05) is 20.6 Å². The number of likely N-dealkylation sites (N-methyl/N-ethyl adjacent to an activating group) is 1. The molecular formula is C15H32N2. The molecule has 1 N–H and O–H groups in total. The van der Waals surface area contributed by atoms with Crippen molar-refractivity contribution < 1.29 is 0 Å². The van der Waals surface area contributed by atoms with Crippen molar-refractivity contribution in [2.45, 2.75) is 65.5 Å². The van der Waals surface area contributed by atoms with Crippen molar-refractivity contribution in [3.05, 3.63) is 0 Å². The van der Waals surface area contributed by atoms with Gasteiger partial charge < -0.3 is 10.2 Å². The van der Waals surface area contributed by atoms with Gasteiger partial charge in [0.1, 0.15) is 0 Å². The number of hydrogen-bond acceptors (Lipinski definition) is 2. The fraction of sp³-hybridized carbons (Fsp3) is 1.00. The van der Waals surface area contributed by atoms with Crippen LogP contribution in [0.5, 0.6) is 0 Å². The summed E-state index contributed by atoms with van der Waals surface area (Å²) in [5.41, 5.74) is 0.462. The number of rotatable bonds is 4. The molecule has 0 radical (unpaired) electrons. The zero-order chi connectivity index (χ0) is 13.1. The van der Waals surface area contributed by atoms with Gasteiger partial charge in [-0.15, -0.1) is 0 Å². The van der Waals surface area contributed by atoms with Crippen molar-refractivity contribution in [1.82, 2.24) is 10.2 Å². The van der Waals surface area contributed by atoms with Crippen molar-refractivity contribution in [3.8, 4) is 0 Å². The maximum atomic E-state index is 3.73.